The van der Waals surface area contributed by atoms with E-state index in [9.17, 15) is 4.79 Å². The zero-order chi connectivity index (χ0) is 20.9. The molecule has 1 aliphatic carbocycles. The van der Waals surface area contributed by atoms with Crippen molar-refractivity contribution in [3.63, 3.8) is 0 Å². The van der Waals surface area contributed by atoms with Crippen LogP contribution in [0.25, 0.3) is 0 Å². The molecule has 3 atom stereocenters. The third-order valence-electron chi connectivity index (χ3n) is 6.90. The maximum Gasteiger partial charge on any atom is 0.308 e. The molecular formula is C24H40O4. The second kappa shape index (κ2) is 9.58. The summed E-state index contributed by atoms with van der Waals surface area (Å²) in [4.78, 5) is 22.2. The topological polar surface area (TPSA) is 55.8 Å². The quantitative estimate of drug-likeness (QED) is 0.373. The number of rotatable bonds is 8. The highest BCUT2D eigenvalue weighted by atomic mass is 17.2. The third-order valence-corrected chi connectivity index (χ3v) is 6.90. The van der Waals surface area contributed by atoms with Crippen molar-refractivity contribution in [3.8, 4) is 0 Å². The maximum atomic E-state index is 11.1. The molecule has 4 heteroatoms. The zero-order valence-electron chi connectivity index (χ0n) is 18.8. The Bertz CT molecular complexity index is 606. The fraction of sp³-hybridized carbons (Fsp3) is 0.792. The van der Waals surface area contributed by atoms with Crippen molar-refractivity contribution in [1.29, 1.82) is 0 Å². The van der Waals surface area contributed by atoms with Gasteiger partial charge in [0.15, 0.2) is 0 Å². The summed E-state index contributed by atoms with van der Waals surface area (Å²) >= 11 is 0. The summed E-state index contributed by atoms with van der Waals surface area (Å²) in [6.07, 6.45) is 11.6. The van der Waals surface area contributed by atoms with Crippen molar-refractivity contribution in [2.45, 2.75) is 111 Å². The van der Waals surface area contributed by atoms with Gasteiger partial charge < -0.3 is 5.11 Å². The fourth-order valence-corrected chi connectivity index (χ4v) is 4.65. The molecule has 4 nitrogen and oxygen atoms in total. The standard InChI is InChI=1S/C24H40O4/c1-17(11-12-20-18(2)10-8-14-23(20,4)5)9-7-15-24(6)16-13-21(27-28-24)19(3)22(25)26/h9,19,21H,7-8,10-16H2,1-6H3,(H,25,26)/b17-9+/t19-,21+,24?/m0/s1. The molecule has 0 spiro atoms. The van der Waals surface area contributed by atoms with E-state index in [1.165, 1.54) is 31.3 Å². The summed E-state index contributed by atoms with van der Waals surface area (Å²) in [5.74, 6) is -1.37. The number of allylic oxidation sites excluding steroid dienone is 4. The van der Waals surface area contributed by atoms with Gasteiger partial charge in [0.1, 0.15) is 11.7 Å². The van der Waals surface area contributed by atoms with Gasteiger partial charge in [0.05, 0.1) is 5.92 Å². The molecule has 0 bridgehead atoms. The van der Waals surface area contributed by atoms with E-state index in [0.29, 0.717) is 5.41 Å². The Hall–Kier alpha value is -1.13. The van der Waals surface area contributed by atoms with Crippen LogP contribution >= 0.6 is 0 Å². The molecule has 0 amide bonds. The Morgan fingerprint density at radius 2 is 2.04 bits per heavy atom. The maximum absolute atomic E-state index is 11.1. The number of hydrogen-bond donors (Lipinski definition) is 1. The van der Waals surface area contributed by atoms with Crippen LogP contribution in [0.4, 0.5) is 0 Å². The van der Waals surface area contributed by atoms with Crippen LogP contribution in [-0.2, 0) is 14.6 Å². The fourth-order valence-electron chi connectivity index (χ4n) is 4.65. The van der Waals surface area contributed by atoms with Crippen molar-refractivity contribution in [2.75, 3.05) is 0 Å². The van der Waals surface area contributed by atoms with Gasteiger partial charge >= 0.3 is 5.97 Å². The minimum absolute atomic E-state index is 0.323. The summed E-state index contributed by atoms with van der Waals surface area (Å²) in [6, 6.07) is 0. The third kappa shape index (κ3) is 6.18. The van der Waals surface area contributed by atoms with Gasteiger partial charge in [-0.1, -0.05) is 36.6 Å². The van der Waals surface area contributed by atoms with Crippen molar-refractivity contribution in [2.24, 2.45) is 11.3 Å². The molecule has 160 valence electrons. The zero-order valence-corrected chi connectivity index (χ0v) is 18.8. The van der Waals surface area contributed by atoms with Crippen LogP contribution in [0.2, 0.25) is 0 Å². The van der Waals surface area contributed by atoms with Crippen molar-refractivity contribution in [1.82, 2.24) is 0 Å². The Morgan fingerprint density at radius 1 is 1.32 bits per heavy atom. The van der Waals surface area contributed by atoms with Crippen LogP contribution < -0.4 is 0 Å². The van der Waals surface area contributed by atoms with E-state index in [4.69, 9.17) is 14.9 Å². The molecule has 1 saturated heterocycles. The highest BCUT2D eigenvalue weighted by Gasteiger charge is 2.37. The largest absolute Gasteiger partial charge is 0.481 e. The monoisotopic (exact) mass is 392 g/mol. The normalized spacial score (nSPS) is 29.6. The molecule has 1 N–H and O–H groups in total. The number of carbonyl (C=O) groups is 1. The van der Waals surface area contributed by atoms with E-state index in [1.54, 1.807) is 18.1 Å². The lowest BCUT2D eigenvalue weighted by molar-refractivity contribution is -0.411. The minimum Gasteiger partial charge on any atom is -0.481 e. The van der Waals surface area contributed by atoms with Crippen LogP contribution in [0.15, 0.2) is 22.8 Å². The highest BCUT2D eigenvalue weighted by molar-refractivity contribution is 5.70. The van der Waals surface area contributed by atoms with E-state index < -0.39 is 11.9 Å². The summed E-state index contributed by atoms with van der Waals surface area (Å²) in [7, 11) is 0. The first-order chi connectivity index (χ1) is 13.0. The average molecular weight is 393 g/mol. The van der Waals surface area contributed by atoms with Crippen molar-refractivity contribution >= 4 is 5.97 Å². The molecular weight excluding hydrogens is 352 g/mol. The number of aliphatic carboxylic acids is 1. The summed E-state index contributed by atoms with van der Waals surface area (Å²) < 4.78 is 0. The van der Waals surface area contributed by atoms with Crippen molar-refractivity contribution < 1.29 is 19.7 Å². The summed E-state index contributed by atoms with van der Waals surface area (Å²) in [5.41, 5.74) is 4.75. The lowest BCUT2D eigenvalue weighted by Gasteiger charge is -2.37. The number of hydrogen-bond acceptors (Lipinski definition) is 3. The predicted octanol–water partition coefficient (Wildman–Crippen LogP) is 6.61. The molecule has 1 unspecified atom stereocenters. The van der Waals surface area contributed by atoms with E-state index >= 15 is 0 Å². The van der Waals surface area contributed by atoms with Gasteiger partial charge in [-0.05, 0) is 90.9 Å². The van der Waals surface area contributed by atoms with Gasteiger partial charge in [0.25, 0.3) is 0 Å². The molecule has 1 aliphatic heterocycles. The highest BCUT2D eigenvalue weighted by Crippen LogP contribution is 2.42. The molecule has 0 radical (unpaired) electrons. The first-order valence-electron chi connectivity index (χ1n) is 11.0. The van der Waals surface area contributed by atoms with Crippen LogP contribution in [0.5, 0.6) is 0 Å². The van der Waals surface area contributed by atoms with E-state index in [0.717, 1.165) is 32.1 Å². The predicted molar refractivity (Wildman–Crippen MR) is 113 cm³/mol. The lowest BCUT2D eigenvalue weighted by atomic mass is 9.71. The molecule has 1 fully saturated rings. The molecule has 0 saturated carbocycles. The number of carboxylic acid groups (broad SMARTS) is 1. The van der Waals surface area contributed by atoms with Crippen LogP contribution in [0.1, 0.15) is 99.3 Å². The molecule has 2 rings (SSSR count). The van der Waals surface area contributed by atoms with Crippen LogP contribution in [0.3, 0.4) is 0 Å². The first-order valence-corrected chi connectivity index (χ1v) is 11.0. The van der Waals surface area contributed by atoms with E-state index in [2.05, 4.69) is 40.7 Å². The molecule has 1 heterocycles. The van der Waals surface area contributed by atoms with E-state index in [-0.39, 0.29) is 11.7 Å². The second-order valence-electron chi connectivity index (χ2n) is 9.92. The molecule has 0 aromatic rings. The smallest absolute Gasteiger partial charge is 0.308 e. The Labute approximate surface area is 171 Å². The van der Waals surface area contributed by atoms with Gasteiger partial charge in [0, 0.05) is 0 Å². The molecule has 28 heavy (non-hydrogen) atoms. The van der Waals surface area contributed by atoms with Crippen molar-refractivity contribution in [3.05, 3.63) is 22.8 Å². The van der Waals surface area contributed by atoms with E-state index in [1.807, 2.05) is 0 Å². The summed E-state index contributed by atoms with van der Waals surface area (Å²) in [6.45, 7) is 13.1. The van der Waals surface area contributed by atoms with Gasteiger partial charge in [-0.2, -0.15) is 0 Å². The van der Waals surface area contributed by atoms with Gasteiger partial charge in [-0.3, -0.25) is 4.79 Å². The SMILES string of the molecule is CC1=C(CC/C(C)=C/CCC2(C)CC[C@H]([C@H](C)C(=O)O)OO2)C(C)(C)CCC1. The van der Waals surface area contributed by atoms with Gasteiger partial charge in [0.2, 0.25) is 0 Å². The first kappa shape index (κ1) is 23.2. The minimum atomic E-state index is -0.831. The van der Waals surface area contributed by atoms with Gasteiger partial charge in [-0.25, -0.2) is 9.78 Å². The van der Waals surface area contributed by atoms with Crippen LogP contribution in [-0.4, -0.2) is 22.8 Å². The molecule has 0 aromatic carbocycles. The Kier molecular flexibility index (Phi) is 7.92. The Morgan fingerprint density at radius 3 is 2.61 bits per heavy atom. The lowest BCUT2D eigenvalue weighted by Crippen LogP contribution is -2.41. The number of carboxylic acids is 1. The molecule has 0 aromatic heterocycles. The summed E-state index contributed by atoms with van der Waals surface area (Å²) in [5, 5.41) is 9.11. The van der Waals surface area contributed by atoms with Gasteiger partial charge in [-0.15, -0.1) is 0 Å². The molecule has 2 aliphatic rings. The average Bonchev–Trinajstić information content (AvgIpc) is 2.60. The second-order valence-corrected chi connectivity index (χ2v) is 9.92. The Balaban J connectivity index is 1.79. The van der Waals surface area contributed by atoms with Crippen LogP contribution in [0, 0.1) is 11.3 Å².